The monoisotopic (exact) mass is 239 g/mol. The molecule has 1 aromatic heterocycles. The minimum Gasteiger partial charge on any atom is -0.378 e. The number of benzene rings is 1. The maximum Gasteiger partial charge on any atom is 0.108 e. The fourth-order valence-electron chi connectivity index (χ4n) is 1.25. The van der Waals surface area contributed by atoms with E-state index in [1.807, 2.05) is 14.1 Å². The molecule has 0 saturated carbocycles. The number of anilines is 1. The predicted octanol–water partition coefficient (Wildman–Crippen LogP) is 2.39. The number of hydrogen-bond donors (Lipinski definition) is 1. The lowest BCUT2D eigenvalue weighted by Gasteiger charge is -2.11. The van der Waals surface area contributed by atoms with Crippen LogP contribution in [0.2, 0.25) is 0 Å². The molecule has 2 rings (SSSR count). The molecule has 0 aliphatic rings. The fourth-order valence-corrected chi connectivity index (χ4v) is 1.67. The van der Waals surface area contributed by atoms with Crippen molar-refractivity contribution in [1.82, 2.24) is 10.2 Å². The van der Waals surface area contributed by atoms with E-state index < -0.39 is 0 Å². The lowest BCUT2D eigenvalue weighted by Crippen LogP contribution is -2.07. The highest BCUT2D eigenvalue weighted by Crippen LogP contribution is 2.24. The molecule has 0 bridgehead atoms. The standard InChI is InChI=1S/C9H10BrN3/c1-13(2)6-3-4-7-8(5-6)11-12-9(7)10/h3-5H,1-2H3,(H,11,12). The van der Waals surface area contributed by atoms with Gasteiger partial charge in [0.2, 0.25) is 0 Å². The van der Waals surface area contributed by atoms with Crippen LogP contribution in [-0.2, 0) is 0 Å². The van der Waals surface area contributed by atoms with Crippen molar-refractivity contribution in [2.75, 3.05) is 19.0 Å². The lowest BCUT2D eigenvalue weighted by molar-refractivity contribution is 1.09. The van der Waals surface area contributed by atoms with Gasteiger partial charge in [-0.25, -0.2) is 0 Å². The summed E-state index contributed by atoms with van der Waals surface area (Å²) < 4.78 is 0.938. The summed E-state index contributed by atoms with van der Waals surface area (Å²) in [7, 11) is 4.03. The van der Waals surface area contributed by atoms with Gasteiger partial charge in [-0.2, -0.15) is 5.10 Å². The van der Waals surface area contributed by atoms with Gasteiger partial charge < -0.3 is 4.90 Å². The molecular formula is C9H10BrN3. The molecule has 0 aliphatic heterocycles. The third kappa shape index (κ3) is 1.42. The number of aromatic amines is 1. The van der Waals surface area contributed by atoms with Crippen LogP contribution in [0.25, 0.3) is 10.9 Å². The van der Waals surface area contributed by atoms with Crippen molar-refractivity contribution in [2.24, 2.45) is 0 Å². The van der Waals surface area contributed by atoms with E-state index in [0.717, 1.165) is 21.2 Å². The molecule has 0 spiro atoms. The average molecular weight is 240 g/mol. The second-order valence-electron chi connectivity index (χ2n) is 3.13. The number of nitrogens with one attached hydrogen (secondary N) is 1. The summed E-state index contributed by atoms with van der Waals surface area (Å²) in [5.74, 6) is 0. The molecule has 13 heavy (non-hydrogen) atoms. The molecule has 3 nitrogen and oxygen atoms in total. The Morgan fingerprint density at radius 1 is 1.38 bits per heavy atom. The van der Waals surface area contributed by atoms with Crippen molar-refractivity contribution in [3.05, 3.63) is 22.8 Å². The molecule has 0 saturated heterocycles. The Morgan fingerprint density at radius 2 is 2.15 bits per heavy atom. The number of nitrogens with zero attached hydrogens (tertiary/aromatic N) is 2. The van der Waals surface area contributed by atoms with Crippen molar-refractivity contribution in [1.29, 1.82) is 0 Å². The van der Waals surface area contributed by atoms with Crippen LogP contribution in [-0.4, -0.2) is 24.3 Å². The van der Waals surface area contributed by atoms with Gasteiger partial charge in [-0.3, -0.25) is 5.10 Å². The highest BCUT2D eigenvalue weighted by atomic mass is 79.9. The molecule has 2 aromatic rings. The van der Waals surface area contributed by atoms with Gasteiger partial charge in [-0.05, 0) is 34.1 Å². The van der Waals surface area contributed by atoms with Gasteiger partial charge in [-0.1, -0.05) is 0 Å². The van der Waals surface area contributed by atoms with Gasteiger partial charge in [0, 0.05) is 25.2 Å². The zero-order valence-corrected chi connectivity index (χ0v) is 9.09. The van der Waals surface area contributed by atoms with E-state index in [9.17, 15) is 0 Å². The van der Waals surface area contributed by atoms with E-state index in [2.05, 4.69) is 49.2 Å². The topological polar surface area (TPSA) is 31.9 Å². The molecule has 0 aliphatic carbocycles. The summed E-state index contributed by atoms with van der Waals surface area (Å²) in [4.78, 5) is 2.06. The molecule has 0 atom stereocenters. The van der Waals surface area contributed by atoms with Crippen LogP contribution in [0.3, 0.4) is 0 Å². The van der Waals surface area contributed by atoms with Crippen molar-refractivity contribution < 1.29 is 0 Å². The van der Waals surface area contributed by atoms with Crippen LogP contribution in [0.4, 0.5) is 5.69 Å². The first-order valence-corrected chi connectivity index (χ1v) is 4.79. The number of hydrogen-bond acceptors (Lipinski definition) is 2. The zero-order valence-electron chi connectivity index (χ0n) is 7.50. The molecule has 0 fully saturated rings. The molecule has 0 unspecified atom stereocenters. The number of H-pyrrole nitrogens is 1. The van der Waals surface area contributed by atoms with E-state index >= 15 is 0 Å². The second kappa shape index (κ2) is 3.03. The highest BCUT2D eigenvalue weighted by Gasteiger charge is 2.03. The summed E-state index contributed by atoms with van der Waals surface area (Å²) >= 11 is 3.40. The van der Waals surface area contributed by atoms with E-state index in [-0.39, 0.29) is 0 Å². The highest BCUT2D eigenvalue weighted by molar-refractivity contribution is 9.10. The Hall–Kier alpha value is -1.03. The second-order valence-corrected chi connectivity index (χ2v) is 3.93. The molecule has 4 heteroatoms. The first kappa shape index (κ1) is 8.56. The number of fused-ring (bicyclic) bond motifs is 1. The average Bonchev–Trinajstić information content (AvgIpc) is 2.47. The van der Waals surface area contributed by atoms with Crippen LogP contribution >= 0.6 is 15.9 Å². The Labute approximate surface area is 84.9 Å². The van der Waals surface area contributed by atoms with Gasteiger partial charge in [0.25, 0.3) is 0 Å². The van der Waals surface area contributed by atoms with Crippen molar-refractivity contribution in [2.45, 2.75) is 0 Å². The van der Waals surface area contributed by atoms with Crippen LogP contribution < -0.4 is 4.90 Å². The van der Waals surface area contributed by atoms with Crippen molar-refractivity contribution in [3.63, 3.8) is 0 Å². The van der Waals surface area contributed by atoms with Crippen LogP contribution in [0.15, 0.2) is 22.8 Å². The van der Waals surface area contributed by atoms with Gasteiger partial charge in [-0.15, -0.1) is 0 Å². The van der Waals surface area contributed by atoms with E-state index in [1.54, 1.807) is 0 Å². The quantitative estimate of drug-likeness (QED) is 0.829. The van der Waals surface area contributed by atoms with Crippen LogP contribution in [0.1, 0.15) is 0 Å². The summed E-state index contributed by atoms with van der Waals surface area (Å²) in [5, 5.41) is 8.17. The first-order valence-electron chi connectivity index (χ1n) is 3.99. The third-order valence-corrected chi connectivity index (χ3v) is 2.61. The van der Waals surface area contributed by atoms with Crippen LogP contribution in [0, 0.1) is 0 Å². The van der Waals surface area contributed by atoms with Crippen molar-refractivity contribution in [3.8, 4) is 0 Å². The first-order chi connectivity index (χ1) is 6.18. The summed E-state index contributed by atoms with van der Waals surface area (Å²) in [5.41, 5.74) is 2.14. The summed E-state index contributed by atoms with van der Waals surface area (Å²) in [6.07, 6.45) is 0. The van der Waals surface area contributed by atoms with E-state index in [0.29, 0.717) is 0 Å². The molecule has 1 heterocycles. The maximum atomic E-state index is 4.16. The van der Waals surface area contributed by atoms with E-state index in [4.69, 9.17) is 0 Å². The van der Waals surface area contributed by atoms with Crippen LogP contribution in [0.5, 0.6) is 0 Å². The Morgan fingerprint density at radius 3 is 2.85 bits per heavy atom. The molecular weight excluding hydrogens is 230 g/mol. The smallest absolute Gasteiger partial charge is 0.108 e. The molecule has 0 radical (unpaired) electrons. The maximum absolute atomic E-state index is 4.16. The third-order valence-electron chi connectivity index (χ3n) is 2.01. The van der Waals surface area contributed by atoms with Gasteiger partial charge in [0.1, 0.15) is 4.60 Å². The van der Waals surface area contributed by atoms with Gasteiger partial charge in [0.05, 0.1) is 5.52 Å². The minimum absolute atomic E-state index is 0.938. The number of aromatic nitrogens is 2. The van der Waals surface area contributed by atoms with Gasteiger partial charge >= 0.3 is 0 Å². The molecule has 68 valence electrons. The number of halogens is 1. The van der Waals surface area contributed by atoms with E-state index in [1.165, 1.54) is 0 Å². The fraction of sp³-hybridized carbons (Fsp3) is 0.222. The van der Waals surface area contributed by atoms with Gasteiger partial charge in [0.15, 0.2) is 0 Å². The Balaban J connectivity index is 2.63. The molecule has 1 N–H and O–H groups in total. The predicted molar refractivity (Wildman–Crippen MR) is 58.1 cm³/mol. The molecule has 1 aromatic carbocycles. The van der Waals surface area contributed by atoms with Crippen molar-refractivity contribution >= 4 is 32.5 Å². The molecule has 0 amide bonds. The normalized spacial score (nSPS) is 10.7. The lowest BCUT2D eigenvalue weighted by atomic mass is 10.2. The zero-order chi connectivity index (χ0) is 9.42. The SMILES string of the molecule is CN(C)c1ccc2c(Br)[nH]nc2c1. The Kier molecular flexibility index (Phi) is 2.00. The minimum atomic E-state index is 0.938. The summed E-state index contributed by atoms with van der Waals surface area (Å²) in [6.45, 7) is 0. The summed E-state index contributed by atoms with van der Waals surface area (Å²) in [6, 6.07) is 6.18. The number of rotatable bonds is 1. The largest absolute Gasteiger partial charge is 0.378 e. The Bertz CT molecular complexity index is 433.